The van der Waals surface area contributed by atoms with Crippen LogP contribution in [0.1, 0.15) is 10.5 Å². The Bertz CT molecular complexity index is 850. The van der Waals surface area contributed by atoms with E-state index in [-0.39, 0.29) is 11.3 Å². The van der Waals surface area contributed by atoms with Crippen molar-refractivity contribution in [3.05, 3.63) is 46.6 Å². The fourth-order valence-electron chi connectivity index (χ4n) is 1.86. The lowest BCUT2D eigenvalue weighted by Gasteiger charge is -2.05. The van der Waals surface area contributed by atoms with Crippen LogP contribution >= 0.6 is 0 Å². The van der Waals surface area contributed by atoms with Gasteiger partial charge in [0.1, 0.15) is 6.33 Å². The fraction of sp³-hybridized carbons (Fsp3) is 0.0833. The third-order valence-electron chi connectivity index (χ3n) is 2.85. The van der Waals surface area contributed by atoms with Crippen LogP contribution in [0.25, 0.3) is 10.8 Å². The summed E-state index contributed by atoms with van der Waals surface area (Å²) in [4.78, 5) is 27.8. The van der Waals surface area contributed by atoms with E-state index < -0.39 is 5.91 Å². The van der Waals surface area contributed by atoms with Crippen molar-refractivity contribution < 1.29 is 4.79 Å². The fourth-order valence-corrected chi connectivity index (χ4v) is 1.86. The van der Waals surface area contributed by atoms with Gasteiger partial charge < -0.3 is 0 Å². The van der Waals surface area contributed by atoms with Gasteiger partial charge in [-0.15, -0.1) is 0 Å². The van der Waals surface area contributed by atoms with Crippen LogP contribution in [0.15, 0.2) is 35.4 Å². The predicted molar refractivity (Wildman–Crippen MR) is 71.3 cm³/mol. The molecule has 3 aromatic rings. The molecular formula is C12H10N6O2. The molecule has 0 saturated carbocycles. The molecule has 0 spiro atoms. The van der Waals surface area contributed by atoms with Crippen LogP contribution < -0.4 is 10.9 Å². The number of nitrogens with one attached hydrogen (secondary N) is 2. The van der Waals surface area contributed by atoms with Crippen LogP contribution in [0.5, 0.6) is 0 Å². The lowest BCUT2D eigenvalue weighted by molar-refractivity contribution is 0.102. The maximum Gasteiger partial charge on any atom is 0.279 e. The molecule has 0 bridgehead atoms. The zero-order valence-electron chi connectivity index (χ0n) is 10.5. The average molecular weight is 270 g/mol. The number of carbonyl (C=O) groups excluding carboxylic acids is 1. The first-order valence-corrected chi connectivity index (χ1v) is 5.79. The number of nitrogens with zero attached hydrogens (tertiary/aromatic N) is 4. The van der Waals surface area contributed by atoms with E-state index >= 15 is 0 Å². The van der Waals surface area contributed by atoms with Crippen molar-refractivity contribution in [2.75, 3.05) is 5.32 Å². The lowest BCUT2D eigenvalue weighted by atomic mass is 10.1. The van der Waals surface area contributed by atoms with Crippen LogP contribution in [0, 0.1) is 0 Å². The molecule has 0 atom stereocenters. The third kappa shape index (κ3) is 1.92. The summed E-state index contributed by atoms with van der Waals surface area (Å²) in [6.45, 7) is 0. The van der Waals surface area contributed by atoms with Gasteiger partial charge in [0, 0.05) is 12.4 Å². The van der Waals surface area contributed by atoms with Gasteiger partial charge in [-0.05, 0) is 6.07 Å². The quantitative estimate of drug-likeness (QED) is 0.696. The Morgan fingerprint density at radius 1 is 1.30 bits per heavy atom. The van der Waals surface area contributed by atoms with Gasteiger partial charge in [-0.1, -0.05) is 18.2 Å². The van der Waals surface area contributed by atoms with E-state index in [4.69, 9.17) is 0 Å². The Hall–Kier alpha value is -3.03. The molecule has 1 amide bonds. The Labute approximate surface area is 112 Å². The zero-order chi connectivity index (χ0) is 14.1. The number of anilines is 1. The molecule has 8 nitrogen and oxygen atoms in total. The number of hydrogen-bond acceptors (Lipinski definition) is 5. The van der Waals surface area contributed by atoms with Gasteiger partial charge in [0.2, 0.25) is 5.95 Å². The number of carbonyl (C=O) groups is 1. The van der Waals surface area contributed by atoms with E-state index in [0.29, 0.717) is 16.7 Å². The SMILES string of the molecule is Cn1ncnc1NC(=O)c1n[nH]c(=O)c2ccccc12. The minimum absolute atomic E-state index is 0.128. The van der Waals surface area contributed by atoms with Gasteiger partial charge >= 0.3 is 0 Å². The highest BCUT2D eigenvalue weighted by atomic mass is 16.2. The Morgan fingerprint density at radius 3 is 2.75 bits per heavy atom. The van der Waals surface area contributed by atoms with Gasteiger partial charge in [0.25, 0.3) is 11.5 Å². The molecule has 8 heteroatoms. The molecule has 100 valence electrons. The minimum atomic E-state index is -0.464. The van der Waals surface area contributed by atoms with E-state index in [2.05, 4.69) is 25.6 Å². The highest BCUT2D eigenvalue weighted by molar-refractivity contribution is 6.10. The molecule has 0 aliphatic carbocycles. The Morgan fingerprint density at radius 2 is 2.05 bits per heavy atom. The van der Waals surface area contributed by atoms with Gasteiger partial charge in [-0.2, -0.15) is 15.2 Å². The lowest BCUT2D eigenvalue weighted by Crippen LogP contribution is -2.20. The number of aromatic amines is 1. The second-order valence-corrected chi connectivity index (χ2v) is 4.11. The first-order chi connectivity index (χ1) is 9.66. The monoisotopic (exact) mass is 270 g/mol. The predicted octanol–water partition coefficient (Wildman–Crippen LogP) is 0.304. The summed E-state index contributed by atoms with van der Waals surface area (Å²) in [6, 6.07) is 6.77. The smallest absolute Gasteiger partial charge is 0.279 e. The normalized spacial score (nSPS) is 10.7. The summed E-state index contributed by atoms with van der Waals surface area (Å²) >= 11 is 0. The number of aryl methyl sites for hydroxylation is 1. The topological polar surface area (TPSA) is 106 Å². The molecular weight excluding hydrogens is 260 g/mol. The second kappa shape index (κ2) is 4.57. The van der Waals surface area contributed by atoms with Gasteiger partial charge in [-0.25, -0.2) is 9.78 Å². The van der Waals surface area contributed by atoms with Crippen molar-refractivity contribution in [3.8, 4) is 0 Å². The van der Waals surface area contributed by atoms with E-state index in [1.807, 2.05) is 0 Å². The highest BCUT2D eigenvalue weighted by Gasteiger charge is 2.15. The van der Waals surface area contributed by atoms with E-state index in [1.165, 1.54) is 11.0 Å². The summed E-state index contributed by atoms with van der Waals surface area (Å²) in [5.41, 5.74) is -0.209. The standard InChI is InChI=1S/C12H10N6O2/c1-18-12(13-6-14-18)15-11(20)9-7-4-2-3-5-8(7)10(19)17-16-9/h2-6H,1H3,(H,17,19)(H,13,14,15,20). The zero-order valence-corrected chi connectivity index (χ0v) is 10.5. The minimum Gasteiger partial charge on any atom is -0.289 e. The molecule has 0 aliphatic rings. The number of amides is 1. The summed E-state index contributed by atoms with van der Waals surface area (Å²) < 4.78 is 1.42. The molecule has 2 heterocycles. The van der Waals surface area contributed by atoms with Crippen molar-refractivity contribution in [3.63, 3.8) is 0 Å². The highest BCUT2D eigenvalue weighted by Crippen LogP contribution is 2.13. The van der Waals surface area contributed by atoms with Crippen LogP contribution in [0.3, 0.4) is 0 Å². The van der Waals surface area contributed by atoms with Crippen molar-refractivity contribution in [2.45, 2.75) is 0 Å². The summed E-state index contributed by atoms with van der Waals surface area (Å²) in [5.74, 6) is -0.166. The molecule has 1 aromatic carbocycles. The number of benzene rings is 1. The average Bonchev–Trinajstić information content (AvgIpc) is 2.85. The van der Waals surface area contributed by atoms with Crippen LogP contribution in [-0.4, -0.2) is 30.9 Å². The largest absolute Gasteiger partial charge is 0.289 e. The molecule has 2 N–H and O–H groups in total. The van der Waals surface area contributed by atoms with Crippen LogP contribution in [-0.2, 0) is 7.05 Å². The molecule has 0 aliphatic heterocycles. The maximum absolute atomic E-state index is 12.2. The van der Waals surface area contributed by atoms with E-state index in [9.17, 15) is 9.59 Å². The molecule has 0 unspecified atom stereocenters. The van der Waals surface area contributed by atoms with Crippen molar-refractivity contribution in [1.82, 2.24) is 25.0 Å². The van der Waals surface area contributed by atoms with E-state index in [0.717, 1.165) is 0 Å². The number of hydrogen-bond donors (Lipinski definition) is 2. The Kier molecular flexibility index (Phi) is 2.75. The van der Waals surface area contributed by atoms with Gasteiger partial charge in [-0.3, -0.25) is 14.9 Å². The summed E-state index contributed by atoms with van der Waals surface area (Å²) in [6.07, 6.45) is 1.33. The van der Waals surface area contributed by atoms with E-state index in [1.54, 1.807) is 31.3 Å². The van der Waals surface area contributed by atoms with Crippen LogP contribution in [0.2, 0.25) is 0 Å². The molecule has 0 saturated heterocycles. The summed E-state index contributed by atoms with van der Waals surface area (Å²) in [7, 11) is 1.65. The molecule has 0 radical (unpaired) electrons. The molecule has 3 rings (SSSR count). The van der Waals surface area contributed by atoms with Crippen molar-refractivity contribution in [1.29, 1.82) is 0 Å². The van der Waals surface area contributed by atoms with Crippen molar-refractivity contribution in [2.24, 2.45) is 7.05 Å². The number of H-pyrrole nitrogens is 1. The maximum atomic E-state index is 12.2. The number of rotatable bonds is 2. The molecule has 0 fully saturated rings. The van der Waals surface area contributed by atoms with Crippen LogP contribution in [0.4, 0.5) is 5.95 Å². The second-order valence-electron chi connectivity index (χ2n) is 4.11. The van der Waals surface area contributed by atoms with Gasteiger partial charge in [0.15, 0.2) is 5.69 Å². The number of aromatic nitrogens is 5. The van der Waals surface area contributed by atoms with Crippen molar-refractivity contribution >= 4 is 22.6 Å². The first kappa shape index (κ1) is 12.0. The first-order valence-electron chi connectivity index (χ1n) is 5.79. The number of fused-ring (bicyclic) bond motifs is 1. The molecule has 2 aromatic heterocycles. The third-order valence-corrected chi connectivity index (χ3v) is 2.85. The Balaban J connectivity index is 2.06. The summed E-state index contributed by atoms with van der Waals surface area (Å²) in [5, 5.41) is 13.4. The van der Waals surface area contributed by atoms with Gasteiger partial charge in [0.05, 0.1) is 5.39 Å². The molecule has 20 heavy (non-hydrogen) atoms.